The molecule has 0 saturated carbocycles. The van der Waals surface area contributed by atoms with Crippen molar-refractivity contribution >= 4 is 32.8 Å². The van der Waals surface area contributed by atoms with Gasteiger partial charge in [-0.15, -0.1) is 29.7 Å². The summed E-state index contributed by atoms with van der Waals surface area (Å²) < 4.78 is 73.8. The zero-order valence-electron chi connectivity index (χ0n) is 54.3. The van der Waals surface area contributed by atoms with Gasteiger partial charge in [0.2, 0.25) is 0 Å². The molecule has 424 valence electrons. The fourth-order valence-electron chi connectivity index (χ4n) is 11.6. The Morgan fingerprint density at radius 1 is 0.420 bits per heavy atom. The molecule has 0 fully saturated rings. The van der Waals surface area contributed by atoms with E-state index in [2.05, 4.69) is 104 Å². The second-order valence-electron chi connectivity index (χ2n) is 22.6. The molecule has 0 unspecified atom stereocenters. The van der Waals surface area contributed by atoms with E-state index >= 15 is 0 Å². The number of hydrogen-bond acceptors (Lipinski definition) is 2. The van der Waals surface area contributed by atoms with Crippen molar-refractivity contribution in [2.75, 3.05) is 0 Å². The Morgan fingerprint density at radius 3 is 1.45 bits per heavy atom. The zero-order chi connectivity index (χ0) is 63.6. The van der Waals surface area contributed by atoms with Gasteiger partial charge in [0.05, 0.1) is 24.9 Å². The molecule has 0 aliphatic rings. The number of ether oxygens (including phenoxy) is 1. The molecule has 0 bridgehead atoms. The van der Waals surface area contributed by atoms with E-state index < -0.39 is 0 Å². The number of fused-ring (bicyclic) bond motifs is 4. The molecular formula is C82H58N4OPt-2. The molecule has 15 rings (SSSR count). The monoisotopic (exact) mass is 1320 g/mol. The molecule has 88 heavy (non-hydrogen) atoms. The van der Waals surface area contributed by atoms with E-state index in [4.69, 9.17) is 9.72 Å². The van der Waals surface area contributed by atoms with Gasteiger partial charge in [0.25, 0.3) is 6.33 Å². The summed E-state index contributed by atoms with van der Waals surface area (Å²) >= 11 is 0. The normalized spacial score (nSPS) is 12.4. The van der Waals surface area contributed by atoms with Gasteiger partial charge >= 0.3 is 0 Å². The van der Waals surface area contributed by atoms with Crippen LogP contribution < -0.4 is 9.30 Å². The molecule has 15 aromatic rings. The maximum absolute atomic E-state index is 10.3. The molecule has 6 heteroatoms. The standard InChI is InChI=1S/C82H58N4O.Pt/c1-82(2,3)68-43-44-83-80(52-68)86-76-42-39-61(56-23-9-4-10-24-56)51-75(76)74-41-40-71(54-79(74)86)87-70-34-21-33-69(53-70)84-55-85(78-38-20-19-37-77(78)84)81-72(66-47-62(57-25-11-5-12-26-57)45-63(48-66)58-27-13-6-14-28-58)35-22-36-73(81)67-49-64(59-29-15-7-16-30-59)46-65(50-67)60-31-17-8-18-32-60;/h4-52H,1-3H3;/q-2;/i45D,46D,47D,48D,49D,50D;. The number of benzene rings is 12. The summed E-state index contributed by atoms with van der Waals surface area (Å²) in [4.78, 5) is 4.95. The van der Waals surface area contributed by atoms with E-state index in [1.807, 2.05) is 209 Å². The summed E-state index contributed by atoms with van der Waals surface area (Å²) in [6, 6.07) is 89.2. The summed E-state index contributed by atoms with van der Waals surface area (Å²) in [6.07, 6.45) is 5.59. The predicted octanol–water partition coefficient (Wildman–Crippen LogP) is 20.6. The van der Waals surface area contributed by atoms with Crippen LogP contribution in [0.4, 0.5) is 0 Å². The number of pyridine rings is 1. The van der Waals surface area contributed by atoms with Crippen LogP contribution in [-0.4, -0.2) is 14.1 Å². The van der Waals surface area contributed by atoms with Crippen LogP contribution in [-0.2, 0) is 26.5 Å². The molecule has 3 aromatic heterocycles. The quantitative estimate of drug-likeness (QED) is 0.0903. The molecule has 0 aliphatic heterocycles. The number of aromatic nitrogens is 4. The van der Waals surface area contributed by atoms with Crippen LogP contribution in [0.3, 0.4) is 0 Å². The van der Waals surface area contributed by atoms with Crippen LogP contribution in [0, 0.1) is 18.5 Å². The Kier molecular flexibility index (Phi) is 13.0. The Bertz CT molecular complexity index is 5110. The van der Waals surface area contributed by atoms with E-state index in [0.29, 0.717) is 89.5 Å². The van der Waals surface area contributed by atoms with Gasteiger partial charge in [-0.2, -0.15) is 18.2 Å². The first kappa shape index (κ1) is 48.7. The van der Waals surface area contributed by atoms with Crippen LogP contribution in [0.25, 0.3) is 128 Å². The minimum Gasteiger partial charge on any atom is -0.510 e. The second-order valence-corrected chi connectivity index (χ2v) is 22.6. The fourth-order valence-corrected chi connectivity index (χ4v) is 11.6. The molecule has 0 N–H and O–H groups in total. The van der Waals surface area contributed by atoms with Crippen LogP contribution in [0.5, 0.6) is 11.5 Å². The van der Waals surface area contributed by atoms with Gasteiger partial charge < -0.3 is 13.9 Å². The van der Waals surface area contributed by atoms with Crippen molar-refractivity contribution in [2.24, 2.45) is 0 Å². The molecule has 5 nitrogen and oxygen atoms in total. The molecular weight excluding hydrogens is 1250 g/mol. The molecule has 12 aromatic carbocycles. The summed E-state index contributed by atoms with van der Waals surface area (Å²) in [6.45, 7) is 6.60. The van der Waals surface area contributed by atoms with E-state index in [1.54, 1.807) is 0 Å². The Morgan fingerprint density at radius 2 is 0.909 bits per heavy atom. The third-order valence-corrected chi connectivity index (χ3v) is 15.9. The van der Waals surface area contributed by atoms with Crippen molar-refractivity contribution in [1.82, 2.24) is 14.1 Å². The number of imidazole rings is 1. The summed E-state index contributed by atoms with van der Waals surface area (Å²) in [5, 5.41) is 2.04. The fraction of sp³-hybridized carbons (Fsp3) is 0.0488. The van der Waals surface area contributed by atoms with Crippen LogP contribution in [0.15, 0.2) is 297 Å². The van der Waals surface area contributed by atoms with Crippen molar-refractivity contribution < 1.29 is 38.6 Å². The number of hydrogen-bond donors (Lipinski definition) is 0. The van der Waals surface area contributed by atoms with Crippen LogP contribution in [0.2, 0.25) is 0 Å². The Labute approximate surface area is 536 Å². The number of para-hydroxylation sites is 3. The summed E-state index contributed by atoms with van der Waals surface area (Å²) in [7, 11) is 0. The minimum absolute atomic E-state index is 0. The topological polar surface area (TPSA) is 35.9 Å². The molecule has 0 saturated heterocycles. The van der Waals surface area contributed by atoms with Gasteiger partial charge in [0, 0.05) is 44.3 Å². The van der Waals surface area contributed by atoms with Crippen LogP contribution >= 0.6 is 0 Å². The van der Waals surface area contributed by atoms with Crippen LogP contribution in [0.1, 0.15) is 34.6 Å². The second kappa shape index (κ2) is 23.4. The number of nitrogens with zero attached hydrogens (tertiary/aromatic N) is 4. The van der Waals surface area contributed by atoms with Gasteiger partial charge in [-0.25, -0.2) is 4.98 Å². The third-order valence-electron chi connectivity index (χ3n) is 15.9. The molecule has 0 amide bonds. The van der Waals surface area contributed by atoms with E-state index in [-0.39, 0.29) is 73.9 Å². The third kappa shape index (κ3) is 10.7. The first-order chi connectivity index (χ1) is 45.3. The average molecular weight is 1320 g/mol. The largest absolute Gasteiger partial charge is 0.510 e. The maximum atomic E-state index is 10.3. The molecule has 0 atom stereocenters. The van der Waals surface area contributed by atoms with E-state index in [9.17, 15) is 8.22 Å². The van der Waals surface area contributed by atoms with Gasteiger partial charge in [0.1, 0.15) is 5.82 Å². The summed E-state index contributed by atoms with van der Waals surface area (Å²) in [5.41, 5.74) is 12.7. The van der Waals surface area contributed by atoms with Crippen molar-refractivity contribution in [1.29, 1.82) is 0 Å². The zero-order valence-corrected chi connectivity index (χ0v) is 50.6. The predicted molar refractivity (Wildman–Crippen MR) is 357 cm³/mol. The Balaban J connectivity index is 0.00000763. The van der Waals surface area contributed by atoms with E-state index in [0.717, 1.165) is 44.3 Å². The SMILES string of the molecule is [2H]c1c(-c2ccccc2)c([2H])c(-c2cccc(-c3c([2H])c(-c4ccccc4)c([2H])c(-c4ccccc4)c3[2H])c2-[n+]2[c-]n(-c3[c-]c(Oc4[c-]c5c(cc4)c4cc(-c6ccccc6)ccc4n5-c4cc(C(C)(C)C)ccn4)ccc3)c3ccccc32)c([2H])c1-c1ccccc1.[Pt]. The van der Waals surface area contributed by atoms with Crippen molar-refractivity contribution in [3.8, 4) is 107 Å². The smallest absolute Gasteiger partial charge is 0.268 e. The van der Waals surface area contributed by atoms with Crippen molar-refractivity contribution in [2.45, 2.75) is 26.2 Å². The average Bonchev–Trinajstić information content (AvgIpc) is 1.28. The van der Waals surface area contributed by atoms with Crippen molar-refractivity contribution in [3.63, 3.8) is 0 Å². The first-order valence-electron chi connectivity index (χ1n) is 32.1. The van der Waals surface area contributed by atoms with Crippen molar-refractivity contribution in [3.05, 3.63) is 321 Å². The first-order valence-corrected chi connectivity index (χ1v) is 29.1. The number of rotatable bonds is 12. The maximum Gasteiger partial charge on any atom is 0.268 e. The molecule has 0 spiro atoms. The Hall–Kier alpha value is -10.5. The minimum atomic E-state index is -0.126. The summed E-state index contributed by atoms with van der Waals surface area (Å²) in [5.74, 6) is 1.64. The van der Waals surface area contributed by atoms with Gasteiger partial charge in [-0.1, -0.05) is 233 Å². The van der Waals surface area contributed by atoms with Gasteiger partial charge in [0.15, 0.2) is 0 Å². The van der Waals surface area contributed by atoms with E-state index in [1.165, 1.54) is 0 Å². The molecule has 0 aliphatic carbocycles. The van der Waals surface area contributed by atoms with Gasteiger partial charge in [-0.3, -0.25) is 4.57 Å². The molecule has 0 radical (unpaired) electrons. The van der Waals surface area contributed by atoms with Gasteiger partial charge in [-0.05, 0) is 154 Å². The molecule has 3 heterocycles.